The van der Waals surface area contributed by atoms with Crippen LogP contribution in [0.2, 0.25) is 0 Å². The van der Waals surface area contributed by atoms with Crippen LogP contribution in [0, 0.1) is 6.92 Å². The van der Waals surface area contributed by atoms with E-state index in [0.29, 0.717) is 19.7 Å². The van der Waals surface area contributed by atoms with E-state index in [-0.39, 0.29) is 24.0 Å². The molecule has 0 aliphatic heterocycles. The number of aliphatic imine (C=N–C) groups is 1. The highest BCUT2D eigenvalue weighted by atomic mass is 127. The average Bonchev–Trinajstić information content (AvgIpc) is 3.03. The summed E-state index contributed by atoms with van der Waals surface area (Å²) in [7, 11) is 1.76. The van der Waals surface area contributed by atoms with E-state index < -0.39 is 0 Å². The van der Waals surface area contributed by atoms with Gasteiger partial charge in [-0.3, -0.25) is 4.99 Å². The second-order valence-electron chi connectivity index (χ2n) is 5.76. The summed E-state index contributed by atoms with van der Waals surface area (Å²) in [4.78, 5) is 4.25. The molecular weight excluding hydrogens is 443 g/mol. The normalized spacial score (nSPS) is 11.0. The van der Waals surface area contributed by atoms with Gasteiger partial charge >= 0.3 is 0 Å². The summed E-state index contributed by atoms with van der Waals surface area (Å²) in [6, 6.07) is 8.03. The lowest BCUT2D eigenvalue weighted by Crippen LogP contribution is -2.39. The molecule has 0 saturated carbocycles. The smallest absolute Gasteiger partial charge is 0.191 e. The van der Waals surface area contributed by atoms with E-state index in [4.69, 9.17) is 9.26 Å². The van der Waals surface area contributed by atoms with Gasteiger partial charge in [0.05, 0.1) is 12.2 Å². The summed E-state index contributed by atoms with van der Waals surface area (Å²) in [5, 5.41) is 10.7. The number of benzene rings is 1. The van der Waals surface area contributed by atoms with Crippen LogP contribution in [0.4, 0.5) is 0 Å². The van der Waals surface area contributed by atoms with Gasteiger partial charge in [-0.2, -0.15) is 0 Å². The zero-order chi connectivity index (χ0) is 18.1. The largest absolute Gasteiger partial charge is 0.492 e. The Morgan fingerprint density at radius 3 is 2.69 bits per heavy atom. The molecule has 144 valence electrons. The third kappa shape index (κ3) is 6.51. The van der Waals surface area contributed by atoms with Gasteiger partial charge in [0.2, 0.25) is 0 Å². The quantitative estimate of drug-likeness (QED) is 0.267. The minimum absolute atomic E-state index is 0. The fraction of sp³-hybridized carbons (Fsp3) is 0.474. The van der Waals surface area contributed by atoms with Crippen molar-refractivity contribution in [1.82, 2.24) is 15.8 Å². The molecule has 0 amide bonds. The van der Waals surface area contributed by atoms with Gasteiger partial charge in [-0.25, -0.2) is 0 Å². The Hall–Kier alpha value is -1.77. The van der Waals surface area contributed by atoms with Gasteiger partial charge in [0.15, 0.2) is 5.96 Å². The van der Waals surface area contributed by atoms with Gasteiger partial charge in [-0.15, -0.1) is 24.0 Å². The number of aryl methyl sites for hydroxylation is 3. The second-order valence-corrected chi connectivity index (χ2v) is 5.76. The number of halogens is 1. The predicted molar refractivity (Wildman–Crippen MR) is 116 cm³/mol. The van der Waals surface area contributed by atoms with Gasteiger partial charge in [-0.1, -0.05) is 31.1 Å². The van der Waals surface area contributed by atoms with Crippen molar-refractivity contribution < 1.29 is 9.26 Å². The molecular formula is C19H29IN4O2. The number of hydrogen-bond acceptors (Lipinski definition) is 4. The number of guanidine groups is 1. The van der Waals surface area contributed by atoms with Crippen LogP contribution in [-0.2, 0) is 19.4 Å². The molecule has 0 bridgehead atoms. The van der Waals surface area contributed by atoms with Gasteiger partial charge in [-0.05, 0) is 31.0 Å². The van der Waals surface area contributed by atoms with Gasteiger partial charge in [0.1, 0.15) is 18.1 Å². The highest BCUT2D eigenvalue weighted by Gasteiger charge is 2.13. The molecule has 1 heterocycles. The van der Waals surface area contributed by atoms with Crippen molar-refractivity contribution in [3.8, 4) is 5.75 Å². The molecule has 0 aliphatic carbocycles. The Labute approximate surface area is 172 Å². The number of nitrogens with zero attached hydrogens (tertiary/aromatic N) is 2. The standard InChI is InChI=1S/C19H28N4O2.HI/c1-5-17-16(18(6-2)25-23-17)13-22-19(20-4)21-10-11-24-15-9-7-8-14(3)12-15;/h7-9,12H,5-6,10-11,13H2,1-4H3,(H2,20,21,22);1H. The first-order chi connectivity index (χ1) is 12.2. The average molecular weight is 472 g/mol. The molecule has 2 rings (SSSR count). The van der Waals surface area contributed by atoms with Crippen molar-refractivity contribution in [2.24, 2.45) is 4.99 Å². The Morgan fingerprint density at radius 2 is 2.04 bits per heavy atom. The number of ether oxygens (including phenoxy) is 1. The summed E-state index contributed by atoms with van der Waals surface area (Å²) >= 11 is 0. The molecule has 0 spiro atoms. The maximum absolute atomic E-state index is 5.73. The van der Waals surface area contributed by atoms with Crippen molar-refractivity contribution in [3.63, 3.8) is 0 Å². The van der Waals surface area contributed by atoms with Crippen LogP contribution < -0.4 is 15.4 Å². The highest BCUT2D eigenvalue weighted by Crippen LogP contribution is 2.15. The zero-order valence-corrected chi connectivity index (χ0v) is 18.3. The Bertz CT molecular complexity index is 679. The Balaban J connectivity index is 0.00000338. The minimum Gasteiger partial charge on any atom is -0.492 e. The van der Waals surface area contributed by atoms with Crippen LogP contribution in [0.1, 0.15) is 36.4 Å². The molecule has 0 atom stereocenters. The lowest BCUT2D eigenvalue weighted by Gasteiger charge is -2.13. The summed E-state index contributed by atoms with van der Waals surface area (Å²) in [5.41, 5.74) is 3.32. The van der Waals surface area contributed by atoms with E-state index in [0.717, 1.165) is 41.6 Å². The van der Waals surface area contributed by atoms with Crippen LogP contribution in [0.3, 0.4) is 0 Å². The van der Waals surface area contributed by atoms with E-state index in [1.54, 1.807) is 7.05 Å². The Morgan fingerprint density at radius 1 is 1.23 bits per heavy atom. The number of aromatic nitrogens is 1. The number of rotatable bonds is 8. The first-order valence-corrected chi connectivity index (χ1v) is 8.78. The van der Waals surface area contributed by atoms with Crippen LogP contribution in [0.15, 0.2) is 33.8 Å². The van der Waals surface area contributed by atoms with Crippen molar-refractivity contribution in [3.05, 3.63) is 46.8 Å². The summed E-state index contributed by atoms with van der Waals surface area (Å²) < 4.78 is 11.1. The van der Waals surface area contributed by atoms with Gasteiger partial charge < -0.3 is 19.9 Å². The van der Waals surface area contributed by atoms with Crippen LogP contribution in [-0.4, -0.2) is 31.3 Å². The number of hydrogen-bond donors (Lipinski definition) is 2. The molecule has 7 heteroatoms. The zero-order valence-electron chi connectivity index (χ0n) is 16.0. The number of nitrogens with one attached hydrogen (secondary N) is 2. The summed E-state index contributed by atoms with van der Waals surface area (Å²) in [5.74, 6) is 2.55. The van der Waals surface area contributed by atoms with Crippen molar-refractivity contribution in [1.29, 1.82) is 0 Å². The summed E-state index contributed by atoms with van der Waals surface area (Å²) in [6.07, 6.45) is 1.69. The van der Waals surface area contributed by atoms with E-state index >= 15 is 0 Å². The maximum atomic E-state index is 5.73. The maximum Gasteiger partial charge on any atom is 0.191 e. The molecule has 1 aromatic heterocycles. The molecule has 26 heavy (non-hydrogen) atoms. The molecule has 1 aromatic carbocycles. The fourth-order valence-corrected chi connectivity index (χ4v) is 2.57. The lowest BCUT2D eigenvalue weighted by molar-refractivity contribution is 0.321. The lowest BCUT2D eigenvalue weighted by atomic mass is 10.1. The predicted octanol–water partition coefficient (Wildman–Crippen LogP) is 3.47. The topological polar surface area (TPSA) is 71.7 Å². The second kappa shape index (κ2) is 11.8. The molecule has 0 saturated heterocycles. The van der Waals surface area contributed by atoms with E-state index in [1.807, 2.05) is 18.2 Å². The molecule has 2 N–H and O–H groups in total. The summed E-state index contributed by atoms with van der Waals surface area (Å²) in [6.45, 7) is 8.08. The first kappa shape index (κ1) is 22.3. The van der Waals surface area contributed by atoms with Crippen LogP contribution >= 0.6 is 24.0 Å². The molecule has 6 nitrogen and oxygen atoms in total. The van der Waals surface area contributed by atoms with Crippen LogP contribution in [0.5, 0.6) is 5.75 Å². The van der Waals surface area contributed by atoms with Crippen molar-refractivity contribution >= 4 is 29.9 Å². The SMILES string of the molecule is CCc1noc(CC)c1CNC(=NC)NCCOc1cccc(C)c1.I. The van der Waals surface area contributed by atoms with E-state index in [2.05, 4.69) is 47.6 Å². The molecule has 0 radical (unpaired) electrons. The van der Waals surface area contributed by atoms with Crippen molar-refractivity contribution in [2.45, 2.75) is 40.2 Å². The van der Waals surface area contributed by atoms with Gasteiger partial charge in [0.25, 0.3) is 0 Å². The van der Waals surface area contributed by atoms with Crippen molar-refractivity contribution in [2.75, 3.05) is 20.2 Å². The Kier molecular flexibility index (Phi) is 10.1. The van der Waals surface area contributed by atoms with E-state index in [1.165, 1.54) is 5.56 Å². The monoisotopic (exact) mass is 472 g/mol. The van der Waals surface area contributed by atoms with E-state index in [9.17, 15) is 0 Å². The third-order valence-corrected chi connectivity index (χ3v) is 3.92. The van der Waals surface area contributed by atoms with Gasteiger partial charge in [0, 0.05) is 25.6 Å². The molecule has 0 aliphatic rings. The molecule has 2 aromatic rings. The fourth-order valence-electron chi connectivity index (χ4n) is 2.57. The molecule has 0 fully saturated rings. The van der Waals surface area contributed by atoms with Crippen LogP contribution in [0.25, 0.3) is 0 Å². The third-order valence-electron chi connectivity index (χ3n) is 3.92. The highest BCUT2D eigenvalue weighted by molar-refractivity contribution is 14.0. The molecule has 0 unspecified atom stereocenters. The minimum atomic E-state index is 0. The first-order valence-electron chi connectivity index (χ1n) is 8.78.